The fourth-order valence-electron chi connectivity index (χ4n) is 5.27. The Morgan fingerprint density at radius 1 is 1.14 bits per heavy atom. The molecule has 2 fully saturated rings. The molecule has 3 N–H and O–H groups in total. The van der Waals surface area contributed by atoms with Gasteiger partial charge in [0.05, 0.1) is 23.4 Å². The minimum absolute atomic E-state index is 0.105. The molecule has 188 valence electrons. The minimum atomic E-state index is -0.105. The maximum Gasteiger partial charge on any atom is 0.255 e. The Morgan fingerprint density at radius 2 is 1.97 bits per heavy atom. The van der Waals surface area contributed by atoms with Gasteiger partial charge in [0, 0.05) is 61.9 Å². The van der Waals surface area contributed by atoms with Crippen molar-refractivity contribution in [2.45, 2.75) is 56.7 Å². The third-order valence-electron chi connectivity index (χ3n) is 7.41. The van der Waals surface area contributed by atoms with Gasteiger partial charge in [-0.15, -0.1) is 0 Å². The summed E-state index contributed by atoms with van der Waals surface area (Å²) in [4.78, 5) is 25.6. The van der Waals surface area contributed by atoms with Crippen molar-refractivity contribution in [3.8, 4) is 11.1 Å². The quantitative estimate of drug-likeness (QED) is 0.379. The van der Waals surface area contributed by atoms with Gasteiger partial charge in [0.25, 0.3) is 5.91 Å². The van der Waals surface area contributed by atoms with Crippen LogP contribution in [0, 0.1) is 0 Å². The summed E-state index contributed by atoms with van der Waals surface area (Å²) in [6.45, 7) is 1.36. The van der Waals surface area contributed by atoms with E-state index in [0.29, 0.717) is 36.9 Å². The molecule has 0 bridgehead atoms. The van der Waals surface area contributed by atoms with E-state index < -0.39 is 0 Å². The van der Waals surface area contributed by atoms with Crippen molar-refractivity contribution in [2.24, 2.45) is 0 Å². The summed E-state index contributed by atoms with van der Waals surface area (Å²) >= 11 is 0. The van der Waals surface area contributed by atoms with E-state index in [1.54, 1.807) is 17.8 Å². The maximum atomic E-state index is 13.0. The molecule has 1 saturated heterocycles. The molecule has 1 amide bonds. The predicted molar refractivity (Wildman–Crippen MR) is 136 cm³/mol. The highest BCUT2D eigenvalue weighted by molar-refractivity contribution is 6.02. The molecule has 1 aliphatic carbocycles. The number of pyridine rings is 1. The van der Waals surface area contributed by atoms with Crippen LogP contribution in [-0.4, -0.2) is 69.0 Å². The average Bonchev–Trinajstić information content (AvgIpc) is 3.53. The van der Waals surface area contributed by atoms with Crippen molar-refractivity contribution in [3.05, 3.63) is 42.5 Å². The van der Waals surface area contributed by atoms with Crippen LogP contribution in [0.15, 0.2) is 36.9 Å². The smallest absolute Gasteiger partial charge is 0.255 e. The zero-order valence-electron chi connectivity index (χ0n) is 20.4. The molecule has 0 unspecified atom stereocenters. The van der Waals surface area contributed by atoms with Crippen LogP contribution in [0.4, 0.5) is 5.95 Å². The van der Waals surface area contributed by atoms with E-state index in [0.717, 1.165) is 66.2 Å². The maximum absolute atomic E-state index is 13.0. The van der Waals surface area contributed by atoms with Gasteiger partial charge in [-0.25, -0.2) is 9.50 Å². The molecule has 4 aromatic heterocycles. The first kappa shape index (κ1) is 22.9. The van der Waals surface area contributed by atoms with Gasteiger partial charge in [-0.05, 0) is 56.2 Å². The van der Waals surface area contributed by atoms with Crippen molar-refractivity contribution < 1.29 is 14.3 Å². The predicted octanol–water partition coefficient (Wildman–Crippen LogP) is 3.55. The van der Waals surface area contributed by atoms with Gasteiger partial charge in [-0.1, -0.05) is 0 Å². The first-order valence-corrected chi connectivity index (χ1v) is 12.7. The number of aromatic nitrogens is 5. The summed E-state index contributed by atoms with van der Waals surface area (Å²) in [5, 5.41) is 11.9. The van der Waals surface area contributed by atoms with Gasteiger partial charge in [-0.2, -0.15) is 10.1 Å². The van der Waals surface area contributed by atoms with Crippen LogP contribution < -0.4 is 10.6 Å². The molecule has 0 spiro atoms. The fourth-order valence-corrected chi connectivity index (χ4v) is 5.27. The molecule has 6 rings (SSSR count). The molecule has 5 heterocycles. The molecule has 2 aliphatic rings. The van der Waals surface area contributed by atoms with Crippen LogP contribution in [0.1, 0.15) is 48.9 Å². The van der Waals surface area contributed by atoms with Gasteiger partial charge in [0.2, 0.25) is 5.95 Å². The van der Waals surface area contributed by atoms with Crippen molar-refractivity contribution in [2.75, 3.05) is 25.6 Å². The Hall–Kier alpha value is -3.50. The Balaban J connectivity index is 1.22. The summed E-state index contributed by atoms with van der Waals surface area (Å²) in [7, 11) is 1.78. The van der Waals surface area contributed by atoms with Gasteiger partial charge < -0.3 is 25.1 Å². The first-order valence-electron chi connectivity index (χ1n) is 12.7. The van der Waals surface area contributed by atoms with E-state index in [4.69, 9.17) is 14.5 Å². The van der Waals surface area contributed by atoms with Crippen molar-refractivity contribution in [1.82, 2.24) is 29.9 Å². The zero-order chi connectivity index (χ0) is 24.5. The number of rotatable bonds is 6. The molecule has 1 saturated carbocycles. The molecule has 10 nitrogen and oxygen atoms in total. The van der Waals surface area contributed by atoms with Crippen LogP contribution in [0.5, 0.6) is 0 Å². The summed E-state index contributed by atoms with van der Waals surface area (Å²) in [6.07, 6.45) is 13.5. The lowest BCUT2D eigenvalue weighted by Crippen LogP contribution is -2.38. The Labute approximate surface area is 208 Å². The van der Waals surface area contributed by atoms with E-state index >= 15 is 0 Å². The summed E-state index contributed by atoms with van der Waals surface area (Å²) in [6, 6.07) is 4.48. The van der Waals surface area contributed by atoms with E-state index in [2.05, 4.69) is 25.7 Å². The number of aromatic amines is 1. The number of hydrogen-bond acceptors (Lipinski definition) is 7. The number of methoxy groups -OCH3 is 1. The van der Waals surface area contributed by atoms with Gasteiger partial charge in [0.15, 0.2) is 0 Å². The van der Waals surface area contributed by atoms with Crippen molar-refractivity contribution in [1.29, 1.82) is 0 Å². The number of carbonyl (C=O) groups is 1. The largest absolute Gasteiger partial charge is 0.381 e. The highest BCUT2D eigenvalue weighted by Gasteiger charge is 2.22. The van der Waals surface area contributed by atoms with E-state index in [1.807, 2.05) is 30.7 Å². The van der Waals surface area contributed by atoms with E-state index in [-0.39, 0.29) is 11.9 Å². The molecule has 0 radical (unpaired) electrons. The molecular weight excluding hydrogens is 458 g/mol. The average molecular weight is 490 g/mol. The first-order chi connectivity index (χ1) is 17.7. The molecule has 36 heavy (non-hydrogen) atoms. The van der Waals surface area contributed by atoms with E-state index in [9.17, 15) is 4.79 Å². The second kappa shape index (κ2) is 9.87. The number of amides is 1. The highest BCUT2D eigenvalue weighted by Crippen LogP contribution is 2.30. The molecular formula is C26H31N7O3. The third kappa shape index (κ3) is 4.54. The third-order valence-corrected chi connectivity index (χ3v) is 7.41. The lowest BCUT2D eigenvalue weighted by molar-refractivity contribution is 0.0681. The Morgan fingerprint density at radius 3 is 2.78 bits per heavy atom. The standard InChI is InChI=1S/C26H31N7O3/c1-35-19-4-2-17(3-5-19)31-26-28-14-21-20(13-27-24(21)32-26)16-6-9-33-23(12-16)22(15-29-33)25(34)30-18-7-10-36-11-8-18/h6,9,12-15,17-19H,2-5,7-8,10-11H2,1H3,(H,30,34)(H2,27,28,31,32). The van der Waals surface area contributed by atoms with E-state index in [1.165, 1.54) is 0 Å². The Kier molecular flexibility index (Phi) is 6.28. The van der Waals surface area contributed by atoms with Crippen LogP contribution >= 0.6 is 0 Å². The molecule has 4 aromatic rings. The molecule has 0 aromatic carbocycles. The Bertz CT molecular complexity index is 1370. The molecule has 10 heteroatoms. The second-order valence-corrected chi connectivity index (χ2v) is 9.68. The normalized spacial score (nSPS) is 21.1. The lowest BCUT2D eigenvalue weighted by atomic mass is 9.93. The number of hydrogen-bond donors (Lipinski definition) is 3. The number of ether oxygens (including phenoxy) is 2. The van der Waals surface area contributed by atoms with Crippen molar-refractivity contribution in [3.63, 3.8) is 0 Å². The number of anilines is 1. The highest BCUT2D eigenvalue weighted by atomic mass is 16.5. The second-order valence-electron chi connectivity index (χ2n) is 9.68. The number of carbonyl (C=O) groups excluding carboxylic acids is 1. The van der Waals surface area contributed by atoms with Crippen LogP contribution in [0.25, 0.3) is 27.7 Å². The topological polar surface area (TPSA) is 118 Å². The number of nitrogens with one attached hydrogen (secondary N) is 3. The van der Waals surface area contributed by atoms with Gasteiger partial charge >= 0.3 is 0 Å². The summed E-state index contributed by atoms with van der Waals surface area (Å²) < 4.78 is 12.6. The zero-order valence-corrected chi connectivity index (χ0v) is 20.4. The fraction of sp³-hybridized carbons (Fsp3) is 0.462. The number of fused-ring (bicyclic) bond motifs is 2. The minimum Gasteiger partial charge on any atom is -0.381 e. The van der Waals surface area contributed by atoms with Crippen molar-refractivity contribution >= 4 is 28.4 Å². The number of nitrogens with zero attached hydrogens (tertiary/aromatic N) is 4. The molecule has 1 aliphatic heterocycles. The van der Waals surface area contributed by atoms with Gasteiger partial charge in [-0.3, -0.25) is 4.79 Å². The monoisotopic (exact) mass is 489 g/mol. The number of H-pyrrole nitrogens is 1. The van der Waals surface area contributed by atoms with Gasteiger partial charge in [0.1, 0.15) is 5.65 Å². The van der Waals surface area contributed by atoms with Crippen LogP contribution in [0.2, 0.25) is 0 Å². The SMILES string of the molecule is COC1CCC(Nc2ncc3c(-c4ccn5ncc(C(=O)NC6CCOCC6)c5c4)c[nH]c3n2)CC1. The van der Waals surface area contributed by atoms with Crippen LogP contribution in [-0.2, 0) is 9.47 Å². The molecule has 0 atom stereocenters. The summed E-state index contributed by atoms with van der Waals surface area (Å²) in [5.74, 6) is 0.529. The summed E-state index contributed by atoms with van der Waals surface area (Å²) in [5.41, 5.74) is 4.05. The lowest BCUT2D eigenvalue weighted by Gasteiger charge is -2.28. The van der Waals surface area contributed by atoms with Crippen LogP contribution in [0.3, 0.4) is 0 Å².